The van der Waals surface area contributed by atoms with Gasteiger partial charge in [0.1, 0.15) is 11.6 Å². The lowest BCUT2D eigenvalue weighted by molar-refractivity contribution is 0.375. The summed E-state index contributed by atoms with van der Waals surface area (Å²) in [4.78, 5) is 0. The summed E-state index contributed by atoms with van der Waals surface area (Å²) in [6.45, 7) is 6.34. The lowest BCUT2D eigenvalue weighted by atomic mass is 9.95. The molecule has 0 bridgehead atoms. The van der Waals surface area contributed by atoms with Crippen LogP contribution in [0.25, 0.3) is 0 Å². The second-order valence-corrected chi connectivity index (χ2v) is 5.47. The van der Waals surface area contributed by atoms with E-state index in [0.717, 1.165) is 25.3 Å². The van der Waals surface area contributed by atoms with Crippen molar-refractivity contribution in [2.24, 2.45) is 11.7 Å². The first-order valence-electron chi connectivity index (χ1n) is 7.42. The molecule has 0 saturated heterocycles. The van der Waals surface area contributed by atoms with Crippen molar-refractivity contribution < 1.29 is 0 Å². The average molecular weight is 250 g/mol. The van der Waals surface area contributed by atoms with Gasteiger partial charge in [0.2, 0.25) is 0 Å². The molecule has 2 N–H and O–H groups in total. The van der Waals surface area contributed by atoms with Crippen molar-refractivity contribution in [2.45, 2.75) is 64.8 Å². The van der Waals surface area contributed by atoms with Crippen LogP contribution in [-0.2, 0) is 13.0 Å². The van der Waals surface area contributed by atoms with Crippen molar-refractivity contribution in [1.82, 2.24) is 14.8 Å². The summed E-state index contributed by atoms with van der Waals surface area (Å²) in [6, 6.07) is 0. The Bertz CT molecular complexity index is 372. The molecule has 0 aromatic carbocycles. The Morgan fingerprint density at radius 3 is 2.89 bits per heavy atom. The molecule has 4 heteroatoms. The van der Waals surface area contributed by atoms with Gasteiger partial charge >= 0.3 is 0 Å². The molecule has 1 aliphatic rings. The number of hydrogen-bond donors (Lipinski definition) is 1. The second kappa shape index (κ2) is 6.32. The number of nitrogens with zero attached hydrogens (tertiary/aromatic N) is 3. The summed E-state index contributed by atoms with van der Waals surface area (Å²) in [7, 11) is 0. The summed E-state index contributed by atoms with van der Waals surface area (Å²) < 4.78 is 2.36. The molecule has 18 heavy (non-hydrogen) atoms. The van der Waals surface area contributed by atoms with Gasteiger partial charge in [-0.15, -0.1) is 10.2 Å². The Morgan fingerprint density at radius 2 is 2.22 bits per heavy atom. The maximum Gasteiger partial charge on any atom is 0.136 e. The van der Waals surface area contributed by atoms with E-state index in [1.807, 2.05) is 0 Å². The van der Waals surface area contributed by atoms with Gasteiger partial charge in [0.05, 0.1) is 0 Å². The number of unbranched alkanes of at least 4 members (excludes halogenated alkanes) is 1. The van der Waals surface area contributed by atoms with Gasteiger partial charge in [-0.1, -0.05) is 26.7 Å². The van der Waals surface area contributed by atoms with Crippen LogP contribution >= 0.6 is 0 Å². The molecule has 0 amide bonds. The van der Waals surface area contributed by atoms with E-state index in [9.17, 15) is 0 Å². The number of fused-ring (bicyclic) bond motifs is 1. The fourth-order valence-electron chi connectivity index (χ4n) is 2.89. The van der Waals surface area contributed by atoms with Crippen LogP contribution < -0.4 is 5.73 Å². The second-order valence-electron chi connectivity index (χ2n) is 5.47. The summed E-state index contributed by atoms with van der Waals surface area (Å²) in [5.74, 6) is 3.56. The molecule has 2 unspecified atom stereocenters. The minimum Gasteiger partial charge on any atom is -0.330 e. The molecule has 102 valence electrons. The monoisotopic (exact) mass is 250 g/mol. The highest BCUT2D eigenvalue weighted by Crippen LogP contribution is 2.28. The van der Waals surface area contributed by atoms with Crippen LogP contribution in [0.15, 0.2) is 0 Å². The van der Waals surface area contributed by atoms with Crippen molar-refractivity contribution in [3.05, 3.63) is 11.6 Å². The number of rotatable bonds is 6. The molecule has 1 aromatic heterocycles. The first kappa shape index (κ1) is 13.5. The Kier molecular flexibility index (Phi) is 4.75. The third kappa shape index (κ3) is 2.74. The molecule has 2 heterocycles. The van der Waals surface area contributed by atoms with E-state index in [4.69, 9.17) is 5.73 Å². The summed E-state index contributed by atoms with van der Waals surface area (Å²) >= 11 is 0. The molecule has 4 nitrogen and oxygen atoms in total. The predicted molar refractivity (Wildman–Crippen MR) is 73.4 cm³/mol. The summed E-state index contributed by atoms with van der Waals surface area (Å²) in [6.07, 6.45) is 7.13. The van der Waals surface area contributed by atoms with Crippen molar-refractivity contribution >= 4 is 0 Å². The largest absolute Gasteiger partial charge is 0.330 e. The molecule has 0 spiro atoms. The molecule has 2 rings (SSSR count). The topological polar surface area (TPSA) is 56.7 Å². The predicted octanol–water partition coefficient (Wildman–Crippen LogP) is 2.48. The van der Waals surface area contributed by atoms with Gasteiger partial charge in [-0.3, -0.25) is 0 Å². The van der Waals surface area contributed by atoms with Crippen LogP contribution in [-0.4, -0.2) is 21.3 Å². The smallest absolute Gasteiger partial charge is 0.136 e. The Balaban J connectivity index is 2.12. The number of aromatic nitrogens is 3. The first-order chi connectivity index (χ1) is 8.80. The first-order valence-corrected chi connectivity index (χ1v) is 7.42. The quantitative estimate of drug-likeness (QED) is 0.844. The van der Waals surface area contributed by atoms with E-state index in [1.165, 1.54) is 37.9 Å². The highest BCUT2D eigenvalue weighted by Gasteiger charge is 2.25. The molecule has 1 aromatic rings. The van der Waals surface area contributed by atoms with Crippen molar-refractivity contribution in [3.63, 3.8) is 0 Å². The zero-order valence-electron chi connectivity index (χ0n) is 11.7. The van der Waals surface area contributed by atoms with Crippen LogP contribution in [0.3, 0.4) is 0 Å². The molecule has 0 fully saturated rings. The number of nitrogens with two attached hydrogens (primary N) is 1. The number of hydrogen-bond acceptors (Lipinski definition) is 3. The van der Waals surface area contributed by atoms with Gasteiger partial charge in [0, 0.05) is 18.9 Å². The van der Waals surface area contributed by atoms with Crippen LogP contribution in [0.1, 0.15) is 63.5 Å². The third-order valence-corrected chi connectivity index (χ3v) is 4.19. The van der Waals surface area contributed by atoms with Gasteiger partial charge in [-0.05, 0) is 31.7 Å². The van der Waals surface area contributed by atoms with E-state index < -0.39 is 0 Å². The lowest BCUT2D eigenvalue weighted by Crippen LogP contribution is -2.26. The maximum absolute atomic E-state index is 5.76. The maximum atomic E-state index is 5.76. The van der Waals surface area contributed by atoms with Crippen LogP contribution in [0.5, 0.6) is 0 Å². The Labute approximate surface area is 110 Å². The van der Waals surface area contributed by atoms with Gasteiger partial charge < -0.3 is 10.3 Å². The molecular weight excluding hydrogens is 224 g/mol. The average Bonchev–Trinajstić information content (AvgIpc) is 2.83. The Morgan fingerprint density at radius 1 is 1.39 bits per heavy atom. The highest BCUT2D eigenvalue weighted by molar-refractivity contribution is 5.05. The minimum atomic E-state index is 0.584. The van der Waals surface area contributed by atoms with Crippen LogP contribution in [0.2, 0.25) is 0 Å². The SMILES string of the molecule is CCCCC(CC)c1nnc2n1CCC(CN)C2. The van der Waals surface area contributed by atoms with Gasteiger partial charge in [-0.2, -0.15) is 0 Å². The van der Waals surface area contributed by atoms with E-state index in [1.54, 1.807) is 0 Å². The van der Waals surface area contributed by atoms with Crippen molar-refractivity contribution in [2.75, 3.05) is 6.54 Å². The molecule has 2 atom stereocenters. The van der Waals surface area contributed by atoms with Gasteiger partial charge in [-0.25, -0.2) is 0 Å². The standard InChI is InChI=1S/C14H26N4/c1-3-5-6-12(4-2)14-17-16-13-9-11(10-15)7-8-18(13)14/h11-12H,3-10,15H2,1-2H3. The molecule has 0 aliphatic carbocycles. The third-order valence-electron chi connectivity index (χ3n) is 4.19. The zero-order chi connectivity index (χ0) is 13.0. The zero-order valence-corrected chi connectivity index (χ0v) is 11.7. The fourth-order valence-corrected chi connectivity index (χ4v) is 2.89. The summed E-state index contributed by atoms with van der Waals surface area (Å²) in [5.41, 5.74) is 5.76. The highest BCUT2D eigenvalue weighted by atomic mass is 15.3. The summed E-state index contributed by atoms with van der Waals surface area (Å²) in [5, 5.41) is 8.85. The fraction of sp³-hybridized carbons (Fsp3) is 0.857. The normalized spacial score (nSPS) is 20.7. The van der Waals surface area contributed by atoms with E-state index in [2.05, 4.69) is 28.6 Å². The van der Waals surface area contributed by atoms with Crippen molar-refractivity contribution in [3.8, 4) is 0 Å². The van der Waals surface area contributed by atoms with Crippen molar-refractivity contribution in [1.29, 1.82) is 0 Å². The van der Waals surface area contributed by atoms with E-state index >= 15 is 0 Å². The molecule has 1 aliphatic heterocycles. The van der Waals surface area contributed by atoms with Gasteiger partial charge in [0.25, 0.3) is 0 Å². The van der Waals surface area contributed by atoms with Crippen LogP contribution in [0, 0.1) is 5.92 Å². The minimum absolute atomic E-state index is 0.584. The van der Waals surface area contributed by atoms with Gasteiger partial charge in [0.15, 0.2) is 0 Å². The molecular formula is C14H26N4. The van der Waals surface area contributed by atoms with Crippen LogP contribution in [0.4, 0.5) is 0 Å². The van der Waals surface area contributed by atoms with E-state index in [0.29, 0.717) is 11.8 Å². The lowest BCUT2D eigenvalue weighted by Gasteiger charge is -2.24. The molecule has 0 radical (unpaired) electrons. The molecule has 0 saturated carbocycles. The van der Waals surface area contributed by atoms with E-state index in [-0.39, 0.29) is 0 Å². The Hall–Kier alpha value is -0.900.